The molecule has 0 rings (SSSR count). The Morgan fingerprint density at radius 2 is 1.64 bits per heavy atom. The zero-order chi connectivity index (χ0) is 11.3. The van der Waals surface area contributed by atoms with Crippen LogP contribution in [0.15, 0.2) is 0 Å². The first-order valence-corrected chi connectivity index (χ1v) is 4.88. The zero-order valence-corrected chi connectivity index (χ0v) is 9.55. The van der Waals surface area contributed by atoms with Gasteiger partial charge in [0.1, 0.15) is 0 Å². The van der Waals surface area contributed by atoms with Gasteiger partial charge in [-0.25, -0.2) is 0 Å². The fourth-order valence-corrected chi connectivity index (χ4v) is 1.17. The predicted molar refractivity (Wildman–Crippen MR) is 56.0 cm³/mol. The quantitative estimate of drug-likeness (QED) is 0.672. The van der Waals surface area contributed by atoms with Crippen molar-refractivity contribution in [3.05, 3.63) is 0 Å². The average molecular weight is 200 g/mol. The minimum absolute atomic E-state index is 0.0306. The van der Waals surface area contributed by atoms with Gasteiger partial charge < -0.3 is 10.6 Å². The number of likely N-dealkylation sites (N-methyl/N-ethyl adjacent to an activating group) is 1. The van der Waals surface area contributed by atoms with Crippen molar-refractivity contribution >= 4 is 11.7 Å². The van der Waals surface area contributed by atoms with Gasteiger partial charge in [-0.1, -0.05) is 13.8 Å². The summed E-state index contributed by atoms with van der Waals surface area (Å²) in [6.45, 7) is 7.07. The van der Waals surface area contributed by atoms with Gasteiger partial charge in [-0.05, 0) is 26.8 Å². The van der Waals surface area contributed by atoms with Crippen LogP contribution in [-0.4, -0.2) is 30.8 Å². The summed E-state index contributed by atoms with van der Waals surface area (Å²) in [6, 6.07) is -0.645. The molecular formula is C10H20N2O2. The predicted octanol–water partition coefficient (Wildman–Crippen LogP) is 0.324. The second-order valence-electron chi connectivity index (χ2n) is 3.85. The lowest BCUT2D eigenvalue weighted by atomic mass is 10.0. The van der Waals surface area contributed by atoms with Crippen molar-refractivity contribution < 1.29 is 9.59 Å². The van der Waals surface area contributed by atoms with E-state index in [9.17, 15) is 9.59 Å². The Hall–Kier alpha value is -0.900. The molecule has 0 spiro atoms. The van der Waals surface area contributed by atoms with Gasteiger partial charge in [0.15, 0.2) is 5.78 Å². The van der Waals surface area contributed by atoms with E-state index in [1.807, 2.05) is 13.8 Å². The first-order valence-electron chi connectivity index (χ1n) is 4.88. The second kappa shape index (κ2) is 5.75. The molecule has 0 fully saturated rings. The highest BCUT2D eigenvalue weighted by Crippen LogP contribution is 2.01. The van der Waals surface area contributed by atoms with E-state index in [1.54, 1.807) is 14.0 Å². The molecule has 0 radical (unpaired) electrons. The molecule has 0 heterocycles. The molecular weight excluding hydrogens is 180 g/mol. The van der Waals surface area contributed by atoms with Crippen molar-refractivity contribution in [1.29, 1.82) is 0 Å². The number of hydrogen-bond acceptors (Lipinski definition) is 3. The van der Waals surface area contributed by atoms with E-state index in [0.717, 1.165) is 0 Å². The SMILES string of the molecule is CN[C@H](C(=O)N[C@H](C)C(C)=O)C(C)C. The molecule has 0 aromatic carbocycles. The monoisotopic (exact) mass is 200 g/mol. The molecule has 0 unspecified atom stereocenters. The first kappa shape index (κ1) is 13.1. The van der Waals surface area contributed by atoms with Crippen molar-refractivity contribution in [2.75, 3.05) is 7.05 Å². The van der Waals surface area contributed by atoms with Crippen LogP contribution in [0.1, 0.15) is 27.7 Å². The van der Waals surface area contributed by atoms with Crippen LogP contribution in [0.3, 0.4) is 0 Å². The van der Waals surface area contributed by atoms with Gasteiger partial charge in [-0.3, -0.25) is 9.59 Å². The minimum Gasteiger partial charge on any atom is -0.345 e. The van der Waals surface area contributed by atoms with E-state index in [-0.39, 0.29) is 23.7 Å². The van der Waals surface area contributed by atoms with Crippen molar-refractivity contribution in [2.45, 2.75) is 39.8 Å². The summed E-state index contributed by atoms with van der Waals surface area (Å²) >= 11 is 0. The van der Waals surface area contributed by atoms with Gasteiger partial charge in [0.05, 0.1) is 12.1 Å². The summed E-state index contributed by atoms with van der Waals surface area (Å²) in [6.07, 6.45) is 0. The molecule has 2 atom stereocenters. The summed E-state index contributed by atoms with van der Waals surface area (Å²) in [4.78, 5) is 22.5. The summed E-state index contributed by atoms with van der Waals surface area (Å²) in [7, 11) is 1.74. The standard InChI is InChI=1S/C10H20N2O2/c1-6(2)9(11-5)10(14)12-7(3)8(4)13/h6-7,9,11H,1-5H3,(H,12,14)/t7-,9+/m1/s1. The van der Waals surface area contributed by atoms with Crippen molar-refractivity contribution in [1.82, 2.24) is 10.6 Å². The van der Waals surface area contributed by atoms with Crippen LogP contribution in [0.5, 0.6) is 0 Å². The average Bonchev–Trinajstić information content (AvgIpc) is 2.04. The third kappa shape index (κ3) is 3.87. The molecule has 1 amide bonds. The smallest absolute Gasteiger partial charge is 0.237 e. The molecule has 0 aliphatic carbocycles. The molecule has 4 heteroatoms. The van der Waals surface area contributed by atoms with Gasteiger partial charge >= 0.3 is 0 Å². The molecule has 82 valence electrons. The summed E-state index contributed by atoms with van der Waals surface area (Å²) in [5, 5.41) is 5.58. The third-order valence-electron chi connectivity index (χ3n) is 2.23. The fourth-order valence-electron chi connectivity index (χ4n) is 1.17. The van der Waals surface area contributed by atoms with Gasteiger partial charge in [-0.15, -0.1) is 0 Å². The summed E-state index contributed by atoms with van der Waals surface area (Å²) in [5.41, 5.74) is 0. The molecule has 0 aromatic heterocycles. The number of nitrogens with one attached hydrogen (secondary N) is 2. The highest BCUT2D eigenvalue weighted by atomic mass is 16.2. The van der Waals surface area contributed by atoms with Gasteiger partial charge in [0.2, 0.25) is 5.91 Å². The maximum atomic E-state index is 11.6. The Balaban J connectivity index is 4.24. The number of hydrogen-bond donors (Lipinski definition) is 2. The zero-order valence-electron chi connectivity index (χ0n) is 9.55. The van der Waals surface area contributed by atoms with Gasteiger partial charge in [-0.2, -0.15) is 0 Å². The number of amides is 1. The number of ketones is 1. The van der Waals surface area contributed by atoms with Crippen LogP contribution in [0, 0.1) is 5.92 Å². The molecule has 0 aliphatic heterocycles. The first-order chi connectivity index (χ1) is 6.40. The molecule has 0 bridgehead atoms. The Morgan fingerprint density at radius 3 is 1.93 bits per heavy atom. The van der Waals surface area contributed by atoms with Crippen molar-refractivity contribution in [3.8, 4) is 0 Å². The molecule has 0 saturated carbocycles. The highest BCUT2D eigenvalue weighted by Gasteiger charge is 2.22. The van der Waals surface area contributed by atoms with E-state index in [0.29, 0.717) is 0 Å². The van der Waals surface area contributed by atoms with E-state index in [2.05, 4.69) is 10.6 Å². The lowest BCUT2D eigenvalue weighted by molar-refractivity contribution is -0.128. The molecule has 14 heavy (non-hydrogen) atoms. The van der Waals surface area contributed by atoms with Crippen LogP contribution < -0.4 is 10.6 Å². The van der Waals surface area contributed by atoms with E-state index < -0.39 is 6.04 Å². The maximum absolute atomic E-state index is 11.6. The minimum atomic E-state index is -0.405. The highest BCUT2D eigenvalue weighted by molar-refractivity contribution is 5.89. The third-order valence-corrected chi connectivity index (χ3v) is 2.23. The molecule has 4 nitrogen and oxygen atoms in total. The van der Waals surface area contributed by atoms with E-state index in [1.165, 1.54) is 6.92 Å². The van der Waals surface area contributed by atoms with Crippen molar-refractivity contribution in [3.63, 3.8) is 0 Å². The normalized spacial score (nSPS) is 15.0. The number of Topliss-reactive ketones (excluding diaryl/α,β-unsaturated/α-hetero) is 1. The fraction of sp³-hybridized carbons (Fsp3) is 0.800. The molecule has 0 saturated heterocycles. The molecule has 2 N–H and O–H groups in total. The Kier molecular flexibility index (Phi) is 5.38. The summed E-state index contributed by atoms with van der Waals surface area (Å²) in [5.74, 6) is 0.0568. The van der Waals surface area contributed by atoms with E-state index in [4.69, 9.17) is 0 Å². The van der Waals surface area contributed by atoms with Crippen LogP contribution in [0.4, 0.5) is 0 Å². The Labute approximate surface area is 85.4 Å². The van der Waals surface area contributed by atoms with Gasteiger partial charge in [0, 0.05) is 0 Å². The lowest BCUT2D eigenvalue weighted by Crippen LogP contribution is -2.50. The largest absolute Gasteiger partial charge is 0.345 e. The Bertz CT molecular complexity index is 214. The van der Waals surface area contributed by atoms with E-state index >= 15 is 0 Å². The number of carbonyl (C=O) groups is 2. The molecule has 0 aliphatic rings. The van der Waals surface area contributed by atoms with Crippen LogP contribution >= 0.6 is 0 Å². The Morgan fingerprint density at radius 1 is 1.14 bits per heavy atom. The van der Waals surface area contributed by atoms with Crippen LogP contribution in [0.25, 0.3) is 0 Å². The molecule has 0 aromatic rings. The topological polar surface area (TPSA) is 58.2 Å². The van der Waals surface area contributed by atoms with Gasteiger partial charge in [0.25, 0.3) is 0 Å². The number of rotatable bonds is 5. The maximum Gasteiger partial charge on any atom is 0.237 e. The lowest BCUT2D eigenvalue weighted by Gasteiger charge is -2.21. The van der Waals surface area contributed by atoms with Crippen molar-refractivity contribution in [2.24, 2.45) is 5.92 Å². The second-order valence-corrected chi connectivity index (χ2v) is 3.85. The number of carbonyl (C=O) groups excluding carboxylic acids is 2. The summed E-state index contributed by atoms with van der Waals surface area (Å²) < 4.78 is 0. The van der Waals surface area contributed by atoms with Crippen LogP contribution in [-0.2, 0) is 9.59 Å². The van der Waals surface area contributed by atoms with Crippen LogP contribution in [0.2, 0.25) is 0 Å².